The number of rotatable bonds is 3. The number of imidazole rings is 1. The molecule has 1 aliphatic rings. The summed E-state index contributed by atoms with van der Waals surface area (Å²) in [5.74, 6) is 1.61. The summed E-state index contributed by atoms with van der Waals surface area (Å²) in [7, 11) is 0. The predicted molar refractivity (Wildman–Crippen MR) is 103 cm³/mol. The van der Waals surface area contributed by atoms with Crippen molar-refractivity contribution in [1.29, 1.82) is 0 Å². The average Bonchev–Trinajstić information content (AvgIpc) is 3.19. The van der Waals surface area contributed by atoms with Gasteiger partial charge in [-0.15, -0.1) is 0 Å². The molecule has 0 atom stereocenters. The molecule has 1 fully saturated rings. The molecule has 0 unspecified atom stereocenters. The maximum atomic E-state index is 6.38. The van der Waals surface area contributed by atoms with Crippen LogP contribution in [-0.4, -0.2) is 35.2 Å². The molecule has 5 rings (SSSR count). The summed E-state index contributed by atoms with van der Waals surface area (Å²) in [4.78, 5) is 14.0. The van der Waals surface area contributed by atoms with Gasteiger partial charge in [0.2, 0.25) is 0 Å². The Morgan fingerprint density at radius 3 is 2.78 bits per heavy atom. The van der Waals surface area contributed by atoms with Crippen molar-refractivity contribution in [2.45, 2.75) is 44.8 Å². The molecule has 138 valence electrons. The number of hydrogen-bond acceptors (Lipinski definition) is 6. The van der Waals surface area contributed by atoms with Crippen LogP contribution in [0.5, 0.6) is 0 Å². The molecule has 0 radical (unpaired) electrons. The first kappa shape index (κ1) is 16.3. The maximum Gasteiger partial charge on any atom is 0.169 e. The van der Waals surface area contributed by atoms with E-state index < -0.39 is 5.54 Å². The number of hydrogen-bond donors (Lipinski definition) is 2. The van der Waals surface area contributed by atoms with E-state index in [9.17, 15) is 0 Å². The smallest absolute Gasteiger partial charge is 0.169 e. The van der Waals surface area contributed by atoms with Crippen LogP contribution in [0.3, 0.4) is 0 Å². The Balaban J connectivity index is 1.60. The third kappa shape index (κ3) is 2.37. The SMILES string of the molecule is CCn1c(C)nc2ccc(-c3ccn4nc(C5(N)CC(N)C5)ncc34)nc21. The molecular weight excluding hydrogens is 340 g/mol. The third-order valence-corrected chi connectivity index (χ3v) is 5.49. The molecule has 0 aromatic carbocycles. The minimum absolute atomic E-state index is 0.136. The third-order valence-electron chi connectivity index (χ3n) is 5.49. The molecule has 8 nitrogen and oxygen atoms in total. The number of fused-ring (bicyclic) bond motifs is 2. The van der Waals surface area contributed by atoms with E-state index in [1.807, 2.05) is 42.0 Å². The average molecular weight is 362 g/mol. The van der Waals surface area contributed by atoms with Gasteiger partial charge in [-0.25, -0.2) is 19.5 Å². The molecule has 27 heavy (non-hydrogen) atoms. The molecule has 0 spiro atoms. The zero-order valence-electron chi connectivity index (χ0n) is 15.4. The van der Waals surface area contributed by atoms with Crippen molar-refractivity contribution in [3.63, 3.8) is 0 Å². The van der Waals surface area contributed by atoms with Crippen LogP contribution in [-0.2, 0) is 12.1 Å². The van der Waals surface area contributed by atoms with Crippen LogP contribution in [0.4, 0.5) is 0 Å². The van der Waals surface area contributed by atoms with Crippen LogP contribution in [0.25, 0.3) is 27.9 Å². The van der Waals surface area contributed by atoms with Gasteiger partial charge in [0.25, 0.3) is 0 Å². The lowest BCUT2D eigenvalue weighted by atomic mass is 9.73. The molecule has 0 saturated heterocycles. The van der Waals surface area contributed by atoms with Gasteiger partial charge in [-0.1, -0.05) is 0 Å². The monoisotopic (exact) mass is 362 g/mol. The quantitative estimate of drug-likeness (QED) is 0.574. The van der Waals surface area contributed by atoms with Crippen LogP contribution >= 0.6 is 0 Å². The Kier molecular flexibility index (Phi) is 3.38. The lowest BCUT2D eigenvalue weighted by Gasteiger charge is -2.41. The van der Waals surface area contributed by atoms with Crippen LogP contribution in [0.15, 0.2) is 30.6 Å². The van der Waals surface area contributed by atoms with Crippen molar-refractivity contribution in [2.75, 3.05) is 0 Å². The normalized spacial score (nSPS) is 22.4. The van der Waals surface area contributed by atoms with E-state index in [4.69, 9.17) is 16.5 Å². The second-order valence-electron chi connectivity index (χ2n) is 7.41. The van der Waals surface area contributed by atoms with E-state index in [1.165, 1.54) is 0 Å². The molecule has 4 aromatic heterocycles. The van der Waals surface area contributed by atoms with E-state index in [0.717, 1.165) is 40.3 Å². The fraction of sp³-hybridized carbons (Fsp3) is 0.368. The maximum absolute atomic E-state index is 6.38. The van der Waals surface area contributed by atoms with Crippen LogP contribution in [0, 0.1) is 6.92 Å². The lowest BCUT2D eigenvalue weighted by Crippen LogP contribution is -2.56. The highest BCUT2D eigenvalue weighted by Crippen LogP contribution is 2.36. The van der Waals surface area contributed by atoms with Crippen molar-refractivity contribution in [2.24, 2.45) is 11.5 Å². The highest BCUT2D eigenvalue weighted by molar-refractivity contribution is 5.82. The lowest BCUT2D eigenvalue weighted by molar-refractivity contribution is 0.196. The number of nitrogens with two attached hydrogens (primary N) is 2. The molecule has 4 heterocycles. The minimum Gasteiger partial charge on any atom is -0.328 e. The van der Waals surface area contributed by atoms with Crippen LogP contribution in [0.1, 0.15) is 31.4 Å². The fourth-order valence-corrected chi connectivity index (χ4v) is 4.05. The molecule has 0 bridgehead atoms. The van der Waals surface area contributed by atoms with Gasteiger partial charge in [0, 0.05) is 24.3 Å². The zero-order chi connectivity index (χ0) is 18.8. The summed E-state index contributed by atoms with van der Waals surface area (Å²) in [6, 6.07) is 6.16. The summed E-state index contributed by atoms with van der Waals surface area (Å²) < 4.78 is 3.94. The molecule has 4 N–H and O–H groups in total. The summed E-state index contributed by atoms with van der Waals surface area (Å²) in [6.07, 6.45) is 5.17. The van der Waals surface area contributed by atoms with E-state index >= 15 is 0 Å². The van der Waals surface area contributed by atoms with Gasteiger partial charge in [-0.05, 0) is 44.9 Å². The first-order valence-electron chi connectivity index (χ1n) is 9.22. The topological polar surface area (TPSA) is 113 Å². The van der Waals surface area contributed by atoms with Gasteiger partial charge in [-0.2, -0.15) is 5.10 Å². The van der Waals surface area contributed by atoms with Crippen molar-refractivity contribution in [3.05, 3.63) is 42.2 Å². The molecule has 0 amide bonds. The van der Waals surface area contributed by atoms with Gasteiger partial charge in [0.05, 0.1) is 22.9 Å². The summed E-state index contributed by atoms with van der Waals surface area (Å²) in [6.45, 7) is 4.94. The summed E-state index contributed by atoms with van der Waals surface area (Å²) in [5, 5.41) is 4.63. The molecule has 0 aliphatic heterocycles. The summed E-state index contributed by atoms with van der Waals surface area (Å²) >= 11 is 0. The van der Waals surface area contributed by atoms with Gasteiger partial charge >= 0.3 is 0 Å². The molecule has 1 aliphatic carbocycles. The minimum atomic E-state index is -0.514. The second-order valence-corrected chi connectivity index (χ2v) is 7.41. The van der Waals surface area contributed by atoms with Crippen molar-refractivity contribution in [1.82, 2.24) is 29.1 Å². The first-order valence-corrected chi connectivity index (χ1v) is 9.22. The molecular formula is C19H22N8. The Bertz CT molecular complexity index is 1170. The van der Waals surface area contributed by atoms with Crippen molar-refractivity contribution >= 4 is 16.7 Å². The Hall–Kier alpha value is -2.84. The van der Waals surface area contributed by atoms with E-state index in [0.29, 0.717) is 18.7 Å². The van der Waals surface area contributed by atoms with Crippen molar-refractivity contribution < 1.29 is 0 Å². The molecule has 4 aromatic rings. The van der Waals surface area contributed by atoms with E-state index in [1.54, 1.807) is 0 Å². The van der Waals surface area contributed by atoms with Gasteiger partial charge < -0.3 is 16.0 Å². The molecule has 8 heteroatoms. The first-order chi connectivity index (χ1) is 13.0. The number of nitrogens with zero attached hydrogens (tertiary/aromatic N) is 6. The zero-order valence-corrected chi connectivity index (χ0v) is 15.4. The van der Waals surface area contributed by atoms with E-state index in [-0.39, 0.29) is 6.04 Å². The van der Waals surface area contributed by atoms with Crippen LogP contribution in [0.2, 0.25) is 0 Å². The fourth-order valence-electron chi connectivity index (χ4n) is 4.05. The predicted octanol–water partition coefficient (Wildman–Crippen LogP) is 1.74. The number of aryl methyl sites for hydroxylation is 2. The van der Waals surface area contributed by atoms with Crippen LogP contribution < -0.4 is 11.5 Å². The summed E-state index contributed by atoms with van der Waals surface area (Å²) in [5.41, 5.74) is 16.3. The second kappa shape index (κ2) is 5.58. The highest BCUT2D eigenvalue weighted by Gasteiger charge is 2.43. The van der Waals surface area contributed by atoms with Gasteiger partial charge in [-0.3, -0.25) is 0 Å². The Labute approximate surface area is 156 Å². The molecule has 1 saturated carbocycles. The standard InChI is InChI=1S/C19H22N8/c1-3-26-11(2)23-15-5-4-14(24-17(15)26)13-6-7-27-16(13)10-22-18(25-27)19(21)8-12(20)9-19/h4-7,10,12H,3,8-9,20-21H2,1-2H3. The largest absolute Gasteiger partial charge is 0.328 e. The van der Waals surface area contributed by atoms with E-state index in [2.05, 4.69) is 26.6 Å². The van der Waals surface area contributed by atoms with Gasteiger partial charge in [0.15, 0.2) is 11.5 Å². The highest BCUT2D eigenvalue weighted by atomic mass is 15.3. The number of pyridine rings is 1. The Morgan fingerprint density at radius 2 is 2.04 bits per heavy atom. The Morgan fingerprint density at radius 1 is 1.22 bits per heavy atom. The van der Waals surface area contributed by atoms with Crippen molar-refractivity contribution in [3.8, 4) is 11.3 Å². The van der Waals surface area contributed by atoms with Gasteiger partial charge in [0.1, 0.15) is 11.3 Å². The number of aromatic nitrogens is 6.